The Morgan fingerprint density at radius 2 is 2.27 bits per heavy atom. The van der Waals surface area contributed by atoms with Crippen molar-refractivity contribution < 1.29 is 19.2 Å². The van der Waals surface area contributed by atoms with Gasteiger partial charge in [0.15, 0.2) is 11.5 Å². The number of rotatable bonds is 3. The highest BCUT2D eigenvalue weighted by Gasteiger charge is 2.15. The number of carboxylic acid groups (broad SMARTS) is 1. The fraction of sp³-hybridized carbons (Fsp3) is 0.556. The molecule has 0 unspecified atom stereocenters. The Bertz CT molecular complexity index is 344. The Labute approximate surface area is 86.4 Å². The van der Waals surface area contributed by atoms with E-state index in [0.717, 1.165) is 13.1 Å². The summed E-state index contributed by atoms with van der Waals surface area (Å²) in [7, 11) is 0. The van der Waals surface area contributed by atoms with Crippen molar-refractivity contribution in [1.29, 1.82) is 0 Å². The maximum atomic E-state index is 10.6. The van der Waals surface area contributed by atoms with E-state index in [1.807, 2.05) is 0 Å². The number of aromatic carboxylic acids is 1. The van der Waals surface area contributed by atoms with Crippen molar-refractivity contribution in [3.8, 4) is 0 Å². The van der Waals surface area contributed by atoms with Crippen molar-refractivity contribution in [2.45, 2.75) is 6.54 Å². The molecule has 15 heavy (non-hydrogen) atoms. The van der Waals surface area contributed by atoms with Crippen LogP contribution in [0.2, 0.25) is 0 Å². The quantitative estimate of drug-likeness (QED) is 0.771. The molecule has 0 radical (unpaired) electrons. The van der Waals surface area contributed by atoms with Crippen LogP contribution in [-0.4, -0.2) is 47.4 Å². The van der Waals surface area contributed by atoms with Crippen LogP contribution in [0.4, 0.5) is 0 Å². The van der Waals surface area contributed by atoms with Gasteiger partial charge in [0.25, 0.3) is 0 Å². The molecule has 1 aliphatic rings. The standard InChI is InChI=1S/C9H12N2O4/c12-9(13)8-5-7(15-10-8)6-11-1-3-14-4-2-11/h5H,1-4,6H2,(H,12,13). The number of morpholine rings is 1. The lowest BCUT2D eigenvalue weighted by Gasteiger charge is -2.25. The summed E-state index contributed by atoms with van der Waals surface area (Å²) in [6, 6.07) is 1.46. The number of nitrogens with zero attached hydrogens (tertiary/aromatic N) is 2. The minimum Gasteiger partial charge on any atom is -0.476 e. The number of hydrogen-bond donors (Lipinski definition) is 1. The summed E-state index contributed by atoms with van der Waals surface area (Å²) in [5.74, 6) is -0.485. The lowest BCUT2D eigenvalue weighted by atomic mass is 10.3. The molecule has 0 bridgehead atoms. The summed E-state index contributed by atoms with van der Waals surface area (Å²) < 4.78 is 10.1. The van der Waals surface area contributed by atoms with E-state index in [0.29, 0.717) is 25.5 Å². The van der Waals surface area contributed by atoms with E-state index in [-0.39, 0.29) is 5.69 Å². The zero-order valence-corrected chi connectivity index (χ0v) is 8.18. The van der Waals surface area contributed by atoms with E-state index in [2.05, 4.69) is 10.1 Å². The van der Waals surface area contributed by atoms with Gasteiger partial charge in [-0.1, -0.05) is 5.16 Å². The maximum Gasteiger partial charge on any atom is 0.358 e. The van der Waals surface area contributed by atoms with E-state index in [1.165, 1.54) is 6.07 Å². The third-order valence-electron chi connectivity index (χ3n) is 2.26. The highest BCUT2D eigenvalue weighted by Crippen LogP contribution is 2.08. The van der Waals surface area contributed by atoms with Crippen molar-refractivity contribution in [3.63, 3.8) is 0 Å². The highest BCUT2D eigenvalue weighted by atomic mass is 16.5. The van der Waals surface area contributed by atoms with Gasteiger partial charge in [-0.25, -0.2) is 4.79 Å². The molecule has 1 N–H and O–H groups in total. The predicted molar refractivity (Wildman–Crippen MR) is 49.6 cm³/mol. The normalized spacial score (nSPS) is 17.9. The number of carbonyl (C=O) groups is 1. The van der Waals surface area contributed by atoms with E-state index in [4.69, 9.17) is 14.4 Å². The minimum atomic E-state index is -1.06. The second-order valence-electron chi connectivity index (χ2n) is 3.37. The van der Waals surface area contributed by atoms with Crippen LogP contribution in [0.1, 0.15) is 16.2 Å². The third kappa shape index (κ3) is 2.54. The SMILES string of the molecule is O=C(O)c1cc(CN2CCOCC2)on1. The molecule has 82 valence electrons. The van der Waals surface area contributed by atoms with Gasteiger partial charge in [-0.3, -0.25) is 4.90 Å². The van der Waals surface area contributed by atoms with Gasteiger partial charge in [0.05, 0.1) is 19.8 Å². The van der Waals surface area contributed by atoms with Crippen molar-refractivity contribution in [1.82, 2.24) is 10.1 Å². The van der Waals surface area contributed by atoms with Crippen LogP contribution in [0.15, 0.2) is 10.6 Å². The highest BCUT2D eigenvalue weighted by molar-refractivity contribution is 5.85. The summed E-state index contributed by atoms with van der Waals surface area (Å²) in [6.07, 6.45) is 0. The van der Waals surface area contributed by atoms with Gasteiger partial charge in [-0.15, -0.1) is 0 Å². The first-order chi connectivity index (χ1) is 7.25. The fourth-order valence-electron chi connectivity index (χ4n) is 1.47. The first-order valence-corrected chi connectivity index (χ1v) is 4.74. The molecule has 6 nitrogen and oxygen atoms in total. The van der Waals surface area contributed by atoms with Gasteiger partial charge in [-0.05, 0) is 0 Å². The molecule has 2 rings (SSSR count). The lowest BCUT2D eigenvalue weighted by molar-refractivity contribution is 0.0305. The Kier molecular flexibility index (Phi) is 2.98. The molecule has 0 aliphatic carbocycles. The smallest absolute Gasteiger partial charge is 0.358 e. The average Bonchev–Trinajstić information content (AvgIpc) is 2.68. The summed E-state index contributed by atoms with van der Waals surface area (Å²) in [4.78, 5) is 12.7. The van der Waals surface area contributed by atoms with Crippen molar-refractivity contribution in [2.24, 2.45) is 0 Å². The van der Waals surface area contributed by atoms with Crippen LogP contribution in [0.5, 0.6) is 0 Å². The summed E-state index contributed by atoms with van der Waals surface area (Å²) in [5, 5.41) is 12.1. The second-order valence-corrected chi connectivity index (χ2v) is 3.37. The van der Waals surface area contributed by atoms with Crippen LogP contribution in [-0.2, 0) is 11.3 Å². The minimum absolute atomic E-state index is 0.0433. The van der Waals surface area contributed by atoms with E-state index in [9.17, 15) is 4.79 Å². The van der Waals surface area contributed by atoms with Crippen LogP contribution >= 0.6 is 0 Å². The topological polar surface area (TPSA) is 75.8 Å². The Hall–Kier alpha value is -1.40. The first-order valence-electron chi connectivity index (χ1n) is 4.74. The molecule has 1 saturated heterocycles. The molecule has 1 fully saturated rings. The largest absolute Gasteiger partial charge is 0.476 e. The number of hydrogen-bond acceptors (Lipinski definition) is 5. The number of aromatic nitrogens is 1. The van der Waals surface area contributed by atoms with Gasteiger partial charge < -0.3 is 14.4 Å². The molecular weight excluding hydrogens is 200 g/mol. The Morgan fingerprint density at radius 1 is 1.53 bits per heavy atom. The van der Waals surface area contributed by atoms with Gasteiger partial charge in [0.1, 0.15) is 0 Å². The molecule has 0 atom stereocenters. The predicted octanol–water partition coefficient (Wildman–Crippen LogP) is 0.205. The molecule has 1 aromatic heterocycles. The van der Waals surface area contributed by atoms with Crippen molar-refractivity contribution >= 4 is 5.97 Å². The third-order valence-corrected chi connectivity index (χ3v) is 2.26. The molecule has 6 heteroatoms. The molecular formula is C9H12N2O4. The Morgan fingerprint density at radius 3 is 2.87 bits per heavy atom. The fourth-order valence-corrected chi connectivity index (χ4v) is 1.47. The molecule has 0 amide bonds. The van der Waals surface area contributed by atoms with Gasteiger partial charge in [-0.2, -0.15) is 0 Å². The van der Waals surface area contributed by atoms with Crippen LogP contribution in [0.3, 0.4) is 0 Å². The van der Waals surface area contributed by atoms with Crippen LogP contribution in [0.25, 0.3) is 0 Å². The number of carboxylic acids is 1. The summed E-state index contributed by atoms with van der Waals surface area (Å²) >= 11 is 0. The van der Waals surface area contributed by atoms with Gasteiger partial charge >= 0.3 is 5.97 Å². The van der Waals surface area contributed by atoms with Crippen LogP contribution in [0, 0.1) is 0 Å². The van der Waals surface area contributed by atoms with E-state index >= 15 is 0 Å². The molecule has 1 aromatic rings. The average molecular weight is 212 g/mol. The van der Waals surface area contributed by atoms with Crippen molar-refractivity contribution in [3.05, 3.63) is 17.5 Å². The lowest BCUT2D eigenvalue weighted by Crippen LogP contribution is -2.35. The Balaban J connectivity index is 1.94. The van der Waals surface area contributed by atoms with Gasteiger partial charge in [0, 0.05) is 19.2 Å². The molecule has 2 heterocycles. The van der Waals surface area contributed by atoms with Crippen molar-refractivity contribution in [2.75, 3.05) is 26.3 Å². The molecule has 0 saturated carbocycles. The monoisotopic (exact) mass is 212 g/mol. The zero-order chi connectivity index (χ0) is 10.7. The molecule has 0 spiro atoms. The maximum absolute atomic E-state index is 10.6. The first kappa shape index (κ1) is 10.1. The summed E-state index contributed by atoms with van der Waals surface area (Å²) in [5.41, 5.74) is -0.0433. The molecule has 1 aliphatic heterocycles. The molecule has 0 aromatic carbocycles. The van der Waals surface area contributed by atoms with Gasteiger partial charge in [0.2, 0.25) is 0 Å². The zero-order valence-electron chi connectivity index (χ0n) is 8.18. The van der Waals surface area contributed by atoms with E-state index in [1.54, 1.807) is 0 Å². The summed E-state index contributed by atoms with van der Waals surface area (Å²) in [6.45, 7) is 3.68. The number of ether oxygens (including phenoxy) is 1. The van der Waals surface area contributed by atoms with Crippen LogP contribution < -0.4 is 0 Å². The van der Waals surface area contributed by atoms with E-state index < -0.39 is 5.97 Å². The second kappa shape index (κ2) is 4.41.